The van der Waals surface area contributed by atoms with Crippen molar-refractivity contribution in [2.75, 3.05) is 0 Å². The Labute approximate surface area is 750 Å². The number of rotatable bonds is 16. The van der Waals surface area contributed by atoms with E-state index >= 15 is 0 Å². The topological polar surface area (TPSA) is 97.1 Å². The molecule has 0 amide bonds. The predicted octanol–water partition coefficient (Wildman–Crippen LogP) is 30.5. The molecule has 10 nitrogen and oxygen atoms in total. The Bertz CT molecular complexity index is 8570. The molecule has 130 heavy (non-hydrogen) atoms. The monoisotopic (exact) mass is 1660 g/mol. The van der Waals surface area contributed by atoms with Gasteiger partial charge in [0.25, 0.3) is 0 Å². The summed E-state index contributed by atoms with van der Waals surface area (Å²) in [5.41, 5.74) is 32.1. The molecule has 24 aromatic rings. The fourth-order valence-corrected chi connectivity index (χ4v) is 19.8. The zero-order valence-electron chi connectivity index (χ0n) is 70.6. The van der Waals surface area contributed by atoms with E-state index in [4.69, 9.17) is 29.9 Å². The summed E-state index contributed by atoms with van der Waals surface area (Å²) < 4.78 is 9.45. The molecular weight excluding hydrogens is 1580 g/mol. The van der Waals surface area contributed by atoms with Crippen molar-refractivity contribution in [2.24, 2.45) is 0 Å². The zero-order valence-corrected chi connectivity index (χ0v) is 70.6. The van der Waals surface area contributed by atoms with E-state index in [0.29, 0.717) is 35.2 Å². The molecule has 10 heteroatoms. The second-order valence-corrected chi connectivity index (χ2v) is 33.6. The maximum absolute atomic E-state index is 5.55. The molecule has 0 saturated heterocycles. The molecule has 0 radical (unpaired) electrons. The van der Waals surface area contributed by atoms with Gasteiger partial charge in [-0.3, -0.25) is 9.13 Å². The lowest BCUT2D eigenvalue weighted by Gasteiger charge is -2.17. The summed E-state index contributed by atoms with van der Waals surface area (Å²) in [6, 6.07) is 155. The third-order valence-electron chi connectivity index (χ3n) is 25.9. The van der Waals surface area contributed by atoms with Gasteiger partial charge in [0.15, 0.2) is 23.3 Å². The van der Waals surface area contributed by atoms with Crippen molar-refractivity contribution < 1.29 is 0 Å². The molecule has 25 rings (SSSR count). The number of hydrogen-bond donors (Lipinski definition) is 0. The summed E-state index contributed by atoms with van der Waals surface area (Å²) in [6.45, 7) is 0. The van der Waals surface area contributed by atoms with Gasteiger partial charge in [-0.15, -0.1) is 0 Å². The Morgan fingerprint density at radius 2 is 0.531 bits per heavy atom. The number of benzene rings is 18. The quantitative estimate of drug-likeness (QED) is 0.0956. The Balaban J connectivity index is 0.568. The number of aromatic nitrogens is 10. The molecule has 0 saturated carbocycles. The standard InChI is InChI=1S/C120H78N10/c1-7-32-77(33-8-1)89-69-90(78-34-9-2-10-35-78)72-93(71-89)95-46-19-25-52-104(95)127-106-54-27-22-49-98(106)102-75-103-99-50-23-29-56-108(99)130(112(103)76-111(102)127)120-124-115(84-40-15-5-16-41-84)121-117(125-120)86-64-62-82(63-65-86)81-58-60-83(61-59-81)87-44-31-45-88(68-87)118-122-116(85-42-17-6-18-43-85)123-119(126-118)129-109-57-30-24-51-101(109)113-110(129)67-66-100-97-48-21-28-55-107(97)128(114(100)113)105-53-26-20-47-96(105)94-73-91(79-36-11-3-12-37-79)70-92(74-94)80-38-13-4-14-39-80/h1-4,6-15,17-76H,5,16H2. The third kappa shape index (κ3) is 13.0. The molecule has 6 aromatic heterocycles. The Morgan fingerprint density at radius 1 is 0.185 bits per heavy atom. The van der Waals surface area contributed by atoms with Crippen molar-refractivity contribution >= 4 is 92.8 Å². The van der Waals surface area contributed by atoms with E-state index in [1.165, 1.54) is 16.5 Å². The Morgan fingerprint density at radius 3 is 1.05 bits per heavy atom. The first kappa shape index (κ1) is 75.2. The lowest BCUT2D eigenvalue weighted by atomic mass is 9.92. The van der Waals surface area contributed by atoms with Crippen LogP contribution >= 0.6 is 0 Å². The highest BCUT2D eigenvalue weighted by Gasteiger charge is 2.28. The Hall–Kier alpha value is -17.3. The minimum Gasteiger partial charge on any atom is -0.309 e. The predicted molar refractivity (Wildman–Crippen MR) is 537 cm³/mol. The number of allylic oxidation sites excluding steroid dienone is 4. The summed E-state index contributed by atoms with van der Waals surface area (Å²) in [5, 5.41) is 9.05. The highest BCUT2D eigenvalue weighted by molar-refractivity contribution is 6.27. The van der Waals surface area contributed by atoms with Gasteiger partial charge in [-0.2, -0.15) is 19.9 Å². The minimum absolute atomic E-state index is 0.517. The molecule has 0 N–H and O–H groups in total. The molecule has 0 unspecified atom stereocenters. The van der Waals surface area contributed by atoms with Crippen LogP contribution in [0.1, 0.15) is 18.7 Å². The molecule has 0 spiro atoms. The lowest BCUT2D eigenvalue weighted by molar-refractivity contribution is 0.928. The van der Waals surface area contributed by atoms with Crippen LogP contribution in [-0.2, 0) is 0 Å². The second-order valence-electron chi connectivity index (χ2n) is 33.6. The van der Waals surface area contributed by atoms with Crippen LogP contribution in [0, 0.1) is 0 Å². The first-order chi connectivity index (χ1) is 64.4. The van der Waals surface area contributed by atoms with Gasteiger partial charge in [0.1, 0.15) is 0 Å². The van der Waals surface area contributed by atoms with Gasteiger partial charge in [-0.1, -0.05) is 352 Å². The van der Waals surface area contributed by atoms with Crippen LogP contribution in [-0.4, -0.2) is 48.2 Å². The third-order valence-corrected chi connectivity index (χ3v) is 25.9. The summed E-state index contributed by atoms with van der Waals surface area (Å²) in [5.74, 6) is 3.40. The molecule has 1 aliphatic carbocycles. The van der Waals surface area contributed by atoms with Gasteiger partial charge in [0.2, 0.25) is 11.9 Å². The van der Waals surface area contributed by atoms with Crippen LogP contribution in [0.4, 0.5) is 0 Å². The van der Waals surface area contributed by atoms with Crippen molar-refractivity contribution in [3.63, 3.8) is 0 Å². The van der Waals surface area contributed by atoms with E-state index in [1.54, 1.807) is 0 Å². The Kier molecular flexibility index (Phi) is 18.2. The number of hydrogen-bond acceptors (Lipinski definition) is 6. The van der Waals surface area contributed by atoms with E-state index in [2.05, 4.69) is 449 Å². The number of para-hydroxylation sites is 6. The van der Waals surface area contributed by atoms with Crippen molar-refractivity contribution in [3.05, 3.63) is 455 Å². The van der Waals surface area contributed by atoms with E-state index in [1.807, 2.05) is 18.2 Å². The van der Waals surface area contributed by atoms with Crippen molar-refractivity contribution in [2.45, 2.75) is 12.8 Å². The average Bonchev–Trinajstić information content (AvgIpc) is 1.55. The van der Waals surface area contributed by atoms with Crippen molar-refractivity contribution in [3.8, 4) is 146 Å². The zero-order chi connectivity index (χ0) is 85.7. The van der Waals surface area contributed by atoms with Gasteiger partial charge >= 0.3 is 0 Å². The molecule has 6 heterocycles. The number of nitrogens with zero attached hydrogens (tertiary/aromatic N) is 10. The largest absolute Gasteiger partial charge is 0.309 e. The summed E-state index contributed by atoms with van der Waals surface area (Å²) in [7, 11) is 0. The van der Waals surface area contributed by atoms with E-state index in [9.17, 15) is 0 Å². The van der Waals surface area contributed by atoms with E-state index in [0.717, 1.165) is 206 Å². The van der Waals surface area contributed by atoms with Gasteiger partial charge < -0.3 is 9.13 Å². The normalized spacial score (nSPS) is 12.3. The summed E-state index contributed by atoms with van der Waals surface area (Å²) in [6.07, 6.45) is 8.47. The van der Waals surface area contributed by atoms with Gasteiger partial charge in [0.05, 0.1) is 55.5 Å². The second kappa shape index (κ2) is 31.4. The van der Waals surface area contributed by atoms with Gasteiger partial charge in [0, 0.05) is 76.5 Å². The molecule has 608 valence electrons. The average molecular weight is 1660 g/mol. The number of fused-ring (bicyclic) bond motifs is 13. The summed E-state index contributed by atoms with van der Waals surface area (Å²) >= 11 is 0. The lowest BCUT2D eigenvalue weighted by Crippen LogP contribution is -2.08. The van der Waals surface area contributed by atoms with Crippen LogP contribution in [0.15, 0.2) is 449 Å². The molecule has 0 fully saturated rings. The van der Waals surface area contributed by atoms with Crippen molar-refractivity contribution in [1.82, 2.24) is 48.2 Å². The van der Waals surface area contributed by atoms with Crippen LogP contribution in [0.5, 0.6) is 0 Å². The van der Waals surface area contributed by atoms with Crippen LogP contribution in [0.25, 0.3) is 239 Å². The summed E-state index contributed by atoms with van der Waals surface area (Å²) in [4.78, 5) is 32.7. The van der Waals surface area contributed by atoms with Crippen LogP contribution in [0.3, 0.4) is 0 Å². The van der Waals surface area contributed by atoms with Gasteiger partial charge in [-0.25, -0.2) is 9.97 Å². The smallest absolute Gasteiger partial charge is 0.238 e. The maximum Gasteiger partial charge on any atom is 0.238 e. The van der Waals surface area contributed by atoms with Crippen LogP contribution in [0.2, 0.25) is 0 Å². The molecule has 1 aliphatic rings. The molecule has 0 aliphatic heterocycles. The van der Waals surface area contributed by atoms with E-state index < -0.39 is 0 Å². The van der Waals surface area contributed by atoms with Gasteiger partial charge in [-0.05, 0) is 188 Å². The fourth-order valence-electron chi connectivity index (χ4n) is 19.8. The first-order valence-electron chi connectivity index (χ1n) is 44.4. The SMILES string of the molecule is C1=CC(c2nc(-c3ccc(-c4ccc(-c5cccc(-c6nc(-c7ccccc7)nc(-n7c8ccccc8c8c7ccc7c9ccccc9n(-c9ccccc9-c9cc(-c%10ccccc%10)cc(-c%10ccccc%10)c9)c78)n6)c5)cc4)cc3)nc(-n3c4ccccc4c4cc5c6ccccc6n(-c6ccccc6-c6cc(-c7ccccc7)cc(-c7ccccc7)c6)c5cc43)n2)=CCC1. The fraction of sp³-hybridized carbons (Fsp3) is 0.0167. The van der Waals surface area contributed by atoms with E-state index in [-0.39, 0.29) is 0 Å². The molecular formula is C120H78N10. The first-order valence-corrected chi connectivity index (χ1v) is 44.4. The van der Waals surface area contributed by atoms with Crippen LogP contribution < -0.4 is 0 Å². The molecule has 18 aromatic carbocycles. The molecule has 0 atom stereocenters. The molecule has 0 bridgehead atoms. The highest BCUT2D eigenvalue weighted by Crippen LogP contribution is 2.48. The maximum atomic E-state index is 5.55. The highest BCUT2D eigenvalue weighted by atomic mass is 15.2. The van der Waals surface area contributed by atoms with Crippen molar-refractivity contribution in [1.29, 1.82) is 0 Å². The minimum atomic E-state index is 0.517.